The lowest BCUT2D eigenvalue weighted by Gasteiger charge is -2.06. The number of allylic oxidation sites excluding steroid dienone is 6. The van der Waals surface area contributed by atoms with Gasteiger partial charge < -0.3 is 0 Å². The van der Waals surface area contributed by atoms with E-state index in [1.54, 1.807) is 19.1 Å². The van der Waals surface area contributed by atoms with Crippen LogP contribution in [0, 0.1) is 0 Å². The molecule has 68 valence electrons. The average Bonchev–Trinajstić information content (AvgIpc) is 2.03. The molecule has 0 aromatic heterocycles. The van der Waals surface area contributed by atoms with Crippen molar-refractivity contribution in [2.24, 2.45) is 0 Å². The maximum absolute atomic E-state index is 11.4. The first-order valence-electron chi connectivity index (χ1n) is 4.15. The van der Waals surface area contributed by atoms with E-state index < -0.39 is 0 Å². The van der Waals surface area contributed by atoms with E-state index >= 15 is 0 Å². The first-order valence-corrected chi connectivity index (χ1v) is 4.15. The standard InChI is InChI=1S/C11H12O2/c1-7-4-5-10(11(13)6-7)8(2)9(3)12/h4-6H,1-3H3/b10-8-. The van der Waals surface area contributed by atoms with Gasteiger partial charge in [0.15, 0.2) is 11.6 Å². The van der Waals surface area contributed by atoms with Gasteiger partial charge in [-0.1, -0.05) is 12.2 Å². The SMILES string of the molecule is CC(=O)/C(C)=C1/C=CC(C)=CC1=O. The van der Waals surface area contributed by atoms with Crippen LogP contribution in [-0.2, 0) is 9.59 Å². The van der Waals surface area contributed by atoms with Crippen molar-refractivity contribution in [3.05, 3.63) is 34.9 Å². The first-order chi connectivity index (χ1) is 6.02. The summed E-state index contributed by atoms with van der Waals surface area (Å²) in [5.74, 6) is -0.131. The molecule has 0 saturated heterocycles. The van der Waals surface area contributed by atoms with Crippen molar-refractivity contribution in [3.63, 3.8) is 0 Å². The van der Waals surface area contributed by atoms with Crippen molar-refractivity contribution in [1.29, 1.82) is 0 Å². The molecule has 1 aliphatic carbocycles. The quantitative estimate of drug-likeness (QED) is 0.572. The van der Waals surface area contributed by atoms with E-state index in [1.807, 2.05) is 13.0 Å². The molecule has 0 bridgehead atoms. The largest absolute Gasteiger partial charge is 0.295 e. The molecule has 0 radical (unpaired) electrons. The van der Waals surface area contributed by atoms with Gasteiger partial charge in [0, 0.05) is 11.1 Å². The van der Waals surface area contributed by atoms with Crippen molar-refractivity contribution in [2.45, 2.75) is 20.8 Å². The Kier molecular flexibility index (Phi) is 2.61. The summed E-state index contributed by atoms with van der Waals surface area (Å²) in [7, 11) is 0. The normalized spacial score (nSPS) is 19.9. The highest BCUT2D eigenvalue weighted by Crippen LogP contribution is 2.16. The number of hydrogen-bond acceptors (Lipinski definition) is 2. The maximum Gasteiger partial charge on any atom is 0.186 e. The van der Waals surface area contributed by atoms with Crippen molar-refractivity contribution < 1.29 is 9.59 Å². The van der Waals surface area contributed by atoms with Gasteiger partial charge in [0.25, 0.3) is 0 Å². The van der Waals surface area contributed by atoms with Crippen molar-refractivity contribution >= 4 is 11.6 Å². The fourth-order valence-corrected chi connectivity index (χ4v) is 1.13. The van der Waals surface area contributed by atoms with Crippen molar-refractivity contribution in [3.8, 4) is 0 Å². The van der Waals surface area contributed by atoms with Crippen LogP contribution in [0.1, 0.15) is 20.8 Å². The molecule has 0 N–H and O–H groups in total. The highest BCUT2D eigenvalue weighted by atomic mass is 16.1. The number of carbonyl (C=O) groups is 2. The van der Waals surface area contributed by atoms with Gasteiger partial charge in [-0.25, -0.2) is 0 Å². The zero-order valence-electron chi connectivity index (χ0n) is 8.05. The van der Waals surface area contributed by atoms with Crippen LogP contribution < -0.4 is 0 Å². The van der Waals surface area contributed by atoms with Crippen LogP contribution in [0.5, 0.6) is 0 Å². The van der Waals surface area contributed by atoms with Crippen LogP contribution in [0.25, 0.3) is 0 Å². The van der Waals surface area contributed by atoms with E-state index in [0.717, 1.165) is 5.57 Å². The van der Waals surface area contributed by atoms with Crippen LogP contribution in [0.2, 0.25) is 0 Å². The maximum atomic E-state index is 11.4. The van der Waals surface area contributed by atoms with Crippen molar-refractivity contribution in [2.75, 3.05) is 0 Å². The monoisotopic (exact) mass is 176 g/mol. The predicted octanol–water partition coefficient (Wildman–Crippen LogP) is 1.98. The fraction of sp³-hybridized carbons (Fsp3) is 0.273. The summed E-state index contributed by atoms with van der Waals surface area (Å²) < 4.78 is 0. The molecule has 0 heterocycles. The number of Topliss-reactive ketones (excluding diaryl/α,β-unsaturated/α-hetero) is 1. The molecule has 0 saturated carbocycles. The summed E-state index contributed by atoms with van der Waals surface area (Å²) in [6.45, 7) is 5.00. The van der Waals surface area contributed by atoms with E-state index in [9.17, 15) is 9.59 Å². The van der Waals surface area contributed by atoms with Crippen LogP contribution in [0.4, 0.5) is 0 Å². The van der Waals surface area contributed by atoms with Gasteiger partial charge >= 0.3 is 0 Å². The van der Waals surface area contributed by atoms with Crippen LogP contribution in [-0.4, -0.2) is 11.6 Å². The average molecular weight is 176 g/mol. The second-order valence-corrected chi connectivity index (χ2v) is 3.18. The molecule has 0 spiro atoms. The Morgan fingerprint density at radius 3 is 2.31 bits per heavy atom. The van der Waals surface area contributed by atoms with E-state index in [2.05, 4.69) is 0 Å². The van der Waals surface area contributed by atoms with Gasteiger partial charge in [0.05, 0.1) is 0 Å². The molecule has 1 aliphatic rings. The molecule has 1 rings (SSSR count). The fourth-order valence-electron chi connectivity index (χ4n) is 1.13. The predicted molar refractivity (Wildman–Crippen MR) is 51.3 cm³/mol. The van der Waals surface area contributed by atoms with Gasteiger partial charge in [-0.15, -0.1) is 0 Å². The second-order valence-electron chi connectivity index (χ2n) is 3.18. The zero-order chi connectivity index (χ0) is 10.0. The Labute approximate surface area is 77.6 Å². The Hall–Kier alpha value is -1.44. The molecule has 0 unspecified atom stereocenters. The van der Waals surface area contributed by atoms with E-state index in [-0.39, 0.29) is 11.6 Å². The highest BCUT2D eigenvalue weighted by Gasteiger charge is 2.13. The molecule has 0 fully saturated rings. The molecule has 0 aliphatic heterocycles. The molecule has 0 amide bonds. The molecule has 0 aromatic rings. The van der Waals surface area contributed by atoms with Gasteiger partial charge in [-0.3, -0.25) is 9.59 Å². The van der Waals surface area contributed by atoms with E-state index in [0.29, 0.717) is 11.1 Å². The Morgan fingerprint density at radius 1 is 1.23 bits per heavy atom. The zero-order valence-corrected chi connectivity index (χ0v) is 8.05. The van der Waals surface area contributed by atoms with Crippen LogP contribution in [0.15, 0.2) is 34.9 Å². The lowest BCUT2D eigenvalue weighted by Crippen LogP contribution is -2.07. The summed E-state index contributed by atoms with van der Waals surface area (Å²) >= 11 is 0. The smallest absolute Gasteiger partial charge is 0.186 e. The number of carbonyl (C=O) groups excluding carboxylic acids is 2. The third-order valence-electron chi connectivity index (χ3n) is 2.07. The van der Waals surface area contributed by atoms with Gasteiger partial charge in [-0.05, 0) is 32.4 Å². The minimum atomic E-state index is -0.0762. The molecule has 13 heavy (non-hydrogen) atoms. The minimum Gasteiger partial charge on any atom is -0.295 e. The van der Waals surface area contributed by atoms with Gasteiger partial charge in [-0.2, -0.15) is 0 Å². The topological polar surface area (TPSA) is 34.1 Å². The van der Waals surface area contributed by atoms with Crippen LogP contribution >= 0.6 is 0 Å². The number of rotatable bonds is 1. The molecule has 0 aromatic carbocycles. The van der Waals surface area contributed by atoms with E-state index in [1.165, 1.54) is 6.92 Å². The molecule has 0 atom stereocenters. The number of hydrogen-bond donors (Lipinski definition) is 0. The second kappa shape index (κ2) is 3.52. The number of ketones is 2. The minimum absolute atomic E-state index is 0.0547. The molecule has 2 heteroatoms. The third-order valence-corrected chi connectivity index (χ3v) is 2.07. The lowest BCUT2D eigenvalue weighted by molar-refractivity contribution is -0.115. The summed E-state index contributed by atoms with van der Waals surface area (Å²) in [5, 5.41) is 0. The first kappa shape index (κ1) is 9.65. The Balaban J connectivity index is 3.12. The highest BCUT2D eigenvalue weighted by molar-refractivity contribution is 6.13. The lowest BCUT2D eigenvalue weighted by atomic mass is 9.96. The van der Waals surface area contributed by atoms with Gasteiger partial charge in [0.1, 0.15) is 0 Å². The van der Waals surface area contributed by atoms with Crippen molar-refractivity contribution in [1.82, 2.24) is 0 Å². The summed E-state index contributed by atoms with van der Waals surface area (Å²) in [4.78, 5) is 22.4. The Morgan fingerprint density at radius 2 is 1.85 bits per heavy atom. The summed E-state index contributed by atoms with van der Waals surface area (Å²) in [5.41, 5.74) is 1.97. The molecule has 2 nitrogen and oxygen atoms in total. The molecular weight excluding hydrogens is 164 g/mol. The van der Waals surface area contributed by atoms with Gasteiger partial charge in [0.2, 0.25) is 0 Å². The van der Waals surface area contributed by atoms with Crippen LogP contribution in [0.3, 0.4) is 0 Å². The summed E-state index contributed by atoms with van der Waals surface area (Å²) in [6.07, 6.45) is 5.08. The van der Waals surface area contributed by atoms with E-state index in [4.69, 9.17) is 0 Å². The Bertz CT molecular complexity index is 354. The third kappa shape index (κ3) is 2.02. The molecular formula is C11H12O2. The summed E-state index contributed by atoms with van der Waals surface area (Å²) in [6, 6.07) is 0.